The molecule has 10 heteroatoms. The van der Waals surface area contributed by atoms with Gasteiger partial charge in [-0.25, -0.2) is 9.18 Å². The number of benzodiazepines with no additional fused rings is 1. The van der Waals surface area contributed by atoms with Gasteiger partial charge in [-0.3, -0.25) is 9.79 Å². The fraction of sp³-hybridized carbons (Fsp3) is 0.318. The maximum absolute atomic E-state index is 14.4. The minimum Gasteiger partial charge on any atom is -0.396 e. The van der Waals surface area contributed by atoms with E-state index in [1.165, 1.54) is 11.0 Å². The number of anilines is 2. The molecule has 0 radical (unpaired) electrons. The van der Waals surface area contributed by atoms with Crippen molar-refractivity contribution in [2.24, 2.45) is 4.99 Å². The fourth-order valence-electron chi connectivity index (χ4n) is 2.91. The van der Waals surface area contributed by atoms with E-state index in [9.17, 15) is 14.0 Å². The number of aliphatic hydroxyl groups excluding tert-OH is 1. The number of halogens is 3. The lowest BCUT2D eigenvalue weighted by molar-refractivity contribution is -0.116. The van der Waals surface area contributed by atoms with E-state index < -0.39 is 11.8 Å². The van der Waals surface area contributed by atoms with Gasteiger partial charge < -0.3 is 20.6 Å². The molecule has 0 saturated carbocycles. The third kappa shape index (κ3) is 7.19. The van der Waals surface area contributed by atoms with E-state index in [2.05, 4.69) is 15.6 Å². The van der Waals surface area contributed by atoms with E-state index in [1.54, 1.807) is 50.4 Å². The lowest BCUT2D eigenvalue weighted by Crippen LogP contribution is -2.30. The summed E-state index contributed by atoms with van der Waals surface area (Å²) in [5, 5.41) is 14.1. The van der Waals surface area contributed by atoms with E-state index in [4.69, 9.17) is 28.3 Å². The topological polar surface area (TPSA) is 94.0 Å². The molecule has 3 rings (SSSR count). The second-order valence-corrected chi connectivity index (χ2v) is 8.34. The summed E-state index contributed by atoms with van der Waals surface area (Å²) in [7, 11) is 1.63. The number of amides is 3. The molecular weight excluding hydrogens is 458 g/mol. The molecule has 0 unspecified atom stereocenters. The molecule has 7 nitrogen and oxygen atoms in total. The normalized spacial score (nSPS) is 12.9. The summed E-state index contributed by atoms with van der Waals surface area (Å²) in [5.41, 5.74) is 2.25. The van der Waals surface area contributed by atoms with E-state index >= 15 is 0 Å². The van der Waals surface area contributed by atoms with Crippen molar-refractivity contribution in [2.75, 3.05) is 37.0 Å². The average molecular weight is 483 g/mol. The van der Waals surface area contributed by atoms with Crippen LogP contribution in [0.5, 0.6) is 0 Å². The largest absolute Gasteiger partial charge is 0.396 e. The van der Waals surface area contributed by atoms with Crippen LogP contribution >= 0.6 is 23.2 Å². The van der Waals surface area contributed by atoms with Gasteiger partial charge in [0.2, 0.25) is 5.91 Å². The molecule has 2 aromatic rings. The third-order valence-corrected chi connectivity index (χ3v) is 4.37. The van der Waals surface area contributed by atoms with E-state index in [1.807, 2.05) is 0 Å². The Labute approximate surface area is 196 Å². The van der Waals surface area contributed by atoms with Crippen LogP contribution in [-0.2, 0) is 4.79 Å². The average Bonchev–Trinajstić information content (AvgIpc) is 2.85. The van der Waals surface area contributed by atoms with Crippen LogP contribution in [0.4, 0.5) is 20.6 Å². The van der Waals surface area contributed by atoms with Crippen molar-refractivity contribution in [1.82, 2.24) is 5.32 Å². The Morgan fingerprint density at radius 3 is 2.59 bits per heavy atom. The zero-order chi connectivity index (χ0) is 23.7. The van der Waals surface area contributed by atoms with Gasteiger partial charge in [0.1, 0.15) is 17.2 Å². The highest BCUT2D eigenvalue weighted by Crippen LogP contribution is 2.29. The molecule has 1 aliphatic heterocycles. The van der Waals surface area contributed by atoms with Crippen molar-refractivity contribution in [3.05, 3.63) is 59.4 Å². The molecule has 3 N–H and O–H groups in total. The molecule has 0 bridgehead atoms. The molecule has 1 heterocycles. The van der Waals surface area contributed by atoms with Crippen LogP contribution in [0.25, 0.3) is 0 Å². The molecule has 0 aromatic heterocycles. The molecule has 32 heavy (non-hydrogen) atoms. The first-order valence-electron chi connectivity index (χ1n) is 9.88. The number of urea groups is 1. The fourth-order valence-corrected chi connectivity index (χ4v) is 2.91. The molecule has 3 amide bonds. The molecule has 0 fully saturated rings. The van der Waals surface area contributed by atoms with Crippen molar-refractivity contribution in [3.8, 4) is 0 Å². The summed E-state index contributed by atoms with van der Waals surface area (Å²) in [6, 6.07) is 10.8. The Hall–Kier alpha value is -2.68. The number of nitrogens with zero attached hydrogens (tertiary/aromatic N) is 2. The molecule has 0 saturated heterocycles. The first-order chi connectivity index (χ1) is 15.2. The van der Waals surface area contributed by atoms with Crippen molar-refractivity contribution in [3.63, 3.8) is 0 Å². The minimum atomic E-state index is -0.440. The molecule has 2 aromatic carbocycles. The number of rotatable bonds is 5. The van der Waals surface area contributed by atoms with Crippen molar-refractivity contribution < 1.29 is 19.1 Å². The second kappa shape index (κ2) is 12.4. The predicted octanol–water partition coefficient (Wildman–Crippen LogP) is 3.95. The Morgan fingerprint density at radius 2 is 1.94 bits per heavy atom. The molecule has 0 aliphatic carbocycles. The Kier molecular flexibility index (Phi) is 9.90. The van der Waals surface area contributed by atoms with Gasteiger partial charge in [0, 0.05) is 37.0 Å². The number of aliphatic imine (C=N–C) groups is 1. The number of aliphatic hydroxyl groups is 1. The number of benzene rings is 2. The number of carbonyl (C=O) groups excluding carboxylic acids is 2. The van der Waals surface area contributed by atoms with Gasteiger partial charge in [-0.05, 0) is 43.7 Å². The van der Waals surface area contributed by atoms with Gasteiger partial charge in [0.05, 0.1) is 11.4 Å². The van der Waals surface area contributed by atoms with Crippen LogP contribution in [0.1, 0.15) is 24.5 Å². The number of hydrogen-bond acceptors (Lipinski definition) is 4. The predicted molar refractivity (Wildman–Crippen MR) is 127 cm³/mol. The van der Waals surface area contributed by atoms with Gasteiger partial charge in [-0.15, -0.1) is 23.2 Å². The summed E-state index contributed by atoms with van der Waals surface area (Å²) in [5.74, 6) is -0.653. The van der Waals surface area contributed by atoms with Crippen molar-refractivity contribution in [2.45, 2.75) is 18.2 Å². The number of carbonyl (C=O) groups is 2. The Balaban J connectivity index is 0.000000837. The van der Waals surface area contributed by atoms with Gasteiger partial charge in [-0.1, -0.05) is 12.1 Å². The number of nitrogens with one attached hydrogen (secondary N) is 2. The standard InChI is InChI=1S/C20H21FN4O3.C2H4Cl2/c1-25-17-8-7-13(24-20(28)22-9-4-10-26)11-15(17)19(23-12-18(25)27)14-5-2-3-6-16(14)21;1-2(3)4/h2-3,5-8,11,26H,4,9-10,12H2,1H3,(H2,22,24,28);2H,1H3. The van der Waals surface area contributed by atoms with E-state index in [-0.39, 0.29) is 29.5 Å². The summed E-state index contributed by atoms with van der Waals surface area (Å²) in [6.45, 7) is 1.93. The Morgan fingerprint density at radius 1 is 1.25 bits per heavy atom. The highest BCUT2D eigenvalue weighted by Gasteiger charge is 2.24. The molecular formula is C22H25Cl2FN4O3. The SMILES string of the molecule is CC(Cl)Cl.CN1C(=O)CN=C(c2ccccc2F)c2cc(NC(=O)NCCCO)ccc21. The number of likely N-dealkylation sites (N-methyl/N-ethyl adjacent to an activating group) is 1. The maximum Gasteiger partial charge on any atom is 0.319 e. The highest BCUT2D eigenvalue weighted by molar-refractivity contribution is 6.43. The van der Waals surface area contributed by atoms with Crippen LogP contribution in [-0.4, -0.2) is 54.3 Å². The first-order valence-corrected chi connectivity index (χ1v) is 10.8. The third-order valence-electron chi connectivity index (χ3n) is 4.37. The molecule has 0 atom stereocenters. The quantitative estimate of drug-likeness (QED) is 0.444. The van der Waals surface area contributed by atoms with Crippen molar-refractivity contribution in [1.29, 1.82) is 0 Å². The maximum atomic E-state index is 14.4. The van der Waals surface area contributed by atoms with Gasteiger partial charge >= 0.3 is 6.03 Å². The van der Waals surface area contributed by atoms with Gasteiger partial charge in [-0.2, -0.15) is 0 Å². The zero-order valence-electron chi connectivity index (χ0n) is 17.7. The Bertz CT molecular complexity index is 983. The van der Waals surface area contributed by atoms with Crippen LogP contribution in [0, 0.1) is 5.82 Å². The summed E-state index contributed by atoms with van der Waals surface area (Å²) in [4.78, 5) is 29.8. The number of hydrogen-bond donors (Lipinski definition) is 3. The minimum absolute atomic E-state index is 0.0120. The zero-order valence-corrected chi connectivity index (χ0v) is 19.3. The summed E-state index contributed by atoms with van der Waals surface area (Å²) in [6.07, 6.45) is 0.453. The van der Waals surface area contributed by atoms with Gasteiger partial charge in [0.15, 0.2) is 0 Å². The van der Waals surface area contributed by atoms with Crippen LogP contribution in [0.2, 0.25) is 0 Å². The van der Waals surface area contributed by atoms with Gasteiger partial charge in [0.25, 0.3) is 0 Å². The lowest BCUT2D eigenvalue weighted by Gasteiger charge is -2.19. The first kappa shape index (κ1) is 25.6. The van der Waals surface area contributed by atoms with Crippen LogP contribution in [0.3, 0.4) is 0 Å². The summed E-state index contributed by atoms with van der Waals surface area (Å²) >= 11 is 10.1. The van der Waals surface area contributed by atoms with Crippen molar-refractivity contribution >= 4 is 52.2 Å². The number of alkyl halides is 2. The van der Waals surface area contributed by atoms with Crippen LogP contribution < -0.4 is 15.5 Å². The smallest absolute Gasteiger partial charge is 0.319 e. The number of fused-ring (bicyclic) bond motifs is 1. The van der Waals surface area contributed by atoms with E-state index in [0.29, 0.717) is 35.6 Å². The van der Waals surface area contributed by atoms with Crippen LogP contribution in [0.15, 0.2) is 47.5 Å². The second-order valence-electron chi connectivity index (χ2n) is 6.81. The molecule has 0 spiro atoms. The lowest BCUT2D eigenvalue weighted by atomic mass is 9.99. The molecule has 172 valence electrons. The molecule has 1 aliphatic rings. The van der Waals surface area contributed by atoms with E-state index in [0.717, 1.165) is 0 Å². The summed E-state index contributed by atoms with van der Waals surface area (Å²) < 4.78 is 14.4. The monoisotopic (exact) mass is 482 g/mol. The highest BCUT2D eigenvalue weighted by atomic mass is 35.5.